The number of fused-ring (bicyclic) bond motifs is 1. The molecule has 0 saturated carbocycles. The van der Waals surface area contributed by atoms with Crippen LogP contribution >= 0.6 is 15.9 Å². The highest BCUT2D eigenvalue weighted by molar-refractivity contribution is 9.10. The lowest BCUT2D eigenvalue weighted by Gasteiger charge is -2.14. The highest BCUT2D eigenvalue weighted by atomic mass is 79.9. The van der Waals surface area contributed by atoms with Gasteiger partial charge in [0.05, 0.1) is 29.4 Å². The molecule has 4 rings (SSSR count). The molecule has 0 unspecified atom stereocenters. The zero-order valence-electron chi connectivity index (χ0n) is 15.5. The molecule has 0 spiro atoms. The fourth-order valence-corrected chi connectivity index (χ4v) is 3.48. The van der Waals surface area contributed by atoms with E-state index in [2.05, 4.69) is 21.2 Å². The number of nitrogens with zero attached hydrogens (tertiary/aromatic N) is 2. The van der Waals surface area contributed by atoms with Crippen LogP contribution in [-0.2, 0) is 17.9 Å². The number of aromatic nitrogens is 2. The molecule has 2 aromatic heterocycles. The summed E-state index contributed by atoms with van der Waals surface area (Å²) in [5, 5.41) is 2.74. The van der Waals surface area contributed by atoms with E-state index in [0.717, 1.165) is 4.57 Å². The number of benzene rings is 2. The van der Waals surface area contributed by atoms with Crippen molar-refractivity contribution in [1.29, 1.82) is 0 Å². The number of carbonyl (C=O) groups is 1. The van der Waals surface area contributed by atoms with E-state index in [9.17, 15) is 18.8 Å². The van der Waals surface area contributed by atoms with Crippen LogP contribution in [-0.4, -0.2) is 15.0 Å². The van der Waals surface area contributed by atoms with Crippen LogP contribution in [0.5, 0.6) is 0 Å². The Balaban J connectivity index is 1.75. The summed E-state index contributed by atoms with van der Waals surface area (Å²) in [6.45, 7) is -0.467. The molecular formula is C21H15BrFN3O4. The minimum Gasteiger partial charge on any atom is -0.467 e. The van der Waals surface area contributed by atoms with Gasteiger partial charge in [-0.1, -0.05) is 28.1 Å². The fraction of sp³-hybridized carbons (Fsp3) is 0.0952. The Hall–Kier alpha value is -3.46. The second-order valence-corrected chi connectivity index (χ2v) is 7.44. The summed E-state index contributed by atoms with van der Waals surface area (Å²) in [6.07, 6.45) is 1.44. The highest BCUT2D eigenvalue weighted by Crippen LogP contribution is 2.19. The molecule has 30 heavy (non-hydrogen) atoms. The Morgan fingerprint density at radius 2 is 1.87 bits per heavy atom. The van der Waals surface area contributed by atoms with Gasteiger partial charge < -0.3 is 9.73 Å². The monoisotopic (exact) mass is 471 g/mol. The Kier molecular flexibility index (Phi) is 5.37. The maximum absolute atomic E-state index is 14.0. The molecule has 2 heterocycles. The Labute approximate surface area is 177 Å². The smallest absolute Gasteiger partial charge is 0.332 e. The summed E-state index contributed by atoms with van der Waals surface area (Å²) >= 11 is 3.15. The lowest BCUT2D eigenvalue weighted by atomic mass is 10.2. The van der Waals surface area contributed by atoms with Gasteiger partial charge in [0.15, 0.2) is 0 Å². The van der Waals surface area contributed by atoms with Crippen molar-refractivity contribution >= 4 is 38.4 Å². The van der Waals surface area contributed by atoms with Crippen molar-refractivity contribution in [3.8, 4) is 0 Å². The zero-order valence-corrected chi connectivity index (χ0v) is 17.1. The second kappa shape index (κ2) is 8.11. The molecule has 0 fully saturated rings. The van der Waals surface area contributed by atoms with E-state index in [1.165, 1.54) is 23.0 Å². The summed E-state index contributed by atoms with van der Waals surface area (Å²) in [6, 6.07) is 14.0. The van der Waals surface area contributed by atoms with E-state index in [4.69, 9.17) is 4.42 Å². The molecular weight excluding hydrogens is 457 g/mol. The molecule has 0 radical (unpaired) electrons. The van der Waals surface area contributed by atoms with Crippen LogP contribution in [0.2, 0.25) is 0 Å². The van der Waals surface area contributed by atoms with Crippen molar-refractivity contribution in [2.75, 3.05) is 5.32 Å². The van der Waals surface area contributed by atoms with Gasteiger partial charge in [-0.25, -0.2) is 9.18 Å². The van der Waals surface area contributed by atoms with Crippen LogP contribution in [0.15, 0.2) is 79.3 Å². The molecule has 0 aliphatic rings. The number of amides is 1. The molecule has 9 heteroatoms. The number of nitrogens with one attached hydrogen (secondary N) is 1. The first kappa shape index (κ1) is 19.8. The largest absolute Gasteiger partial charge is 0.467 e. The molecule has 4 aromatic rings. The van der Waals surface area contributed by atoms with E-state index in [1.807, 2.05) is 0 Å². The summed E-state index contributed by atoms with van der Waals surface area (Å²) in [5.74, 6) is -0.790. The number of rotatable bonds is 5. The van der Waals surface area contributed by atoms with Crippen LogP contribution in [0.25, 0.3) is 10.9 Å². The predicted octanol–water partition coefficient (Wildman–Crippen LogP) is 3.34. The number of anilines is 1. The normalized spacial score (nSPS) is 11.0. The number of halogens is 2. The highest BCUT2D eigenvalue weighted by Gasteiger charge is 2.17. The van der Waals surface area contributed by atoms with Crippen molar-refractivity contribution in [3.05, 3.63) is 97.7 Å². The van der Waals surface area contributed by atoms with Gasteiger partial charge in [-0.3, -0.25) is 18.7 Å². The standard InChI is InChI=1S/C21H15BrFN3O4/c22-13-7-8-17(16(23)10-13)24-19(27)12-25-18-6-2-1-5-15(18)20(28)26(21(25)29)11-14-4-3-9-30-14/h1-10H,11-12H2,(H,24,27). The lowest BCUT2D eigenvalue weighted by Crippen LogP contribution is -2.42. The Bertz CT molecular complexity index is 1360. The summed E-state index contributed by atoms with van der Waals surface area (Å²) in [4.78, 5) is 38.5. The lowest BCUT2D eigenvalue weighted by molar-refractivity contribution is -0.116. The first-order valence-electron chi connectivity index (χ1n) is 8.93. The molecule has 0 bridgehead atoms. The minimum absolute atomic E-state index is 0.00976. The summed E-state index contributed by atoms with van der Waals surface area (Å²) in [5.41, 5.74) is -0.844. The fourth-order valence-electron chi connectivity index (χ4n) is 3.15. The molecule has 0 saturated heterocycles. The van der Waals surface area contributed by atoms with Crippen LogP contribution in [0.3, 0.4) is 0 Å². The average molecular weight is 472 g/mol. The van der Waals surface area contributed by atoms with Gasteiger partial charge in [0.25, 0.3) is 5.56 Å². The van der Waals surface area contributed by atoms with E-state index in [0.29, 0.717) is 15.7 Å². The van der Waals surface area contributed by atoms with Crippen LogP contribution < -0.4 is 16.6 Å². The molecule has 0 aliphatic carbocycles. The quantitative estimate of drug-likeness (QED) is 0.483. The molecule has 1 N–H and O–H groups in total. The molecule has 0 atom stereocenters. The van der Waals surface area contributed by atoms with Crippen molar-refractivity contribution < 1.29 is 13.6 Å². The average Bonchev–Trinajstić information content (AvgIpc) is 3.24. The molecule has 2 aromatic carbocycles. The van der Waals surface area contributed by atoms with Gasteiger partial charge in [-0.05, 0) is 42.5 Å². The molecule has 7 nitrogen and oxygen atoms in total. The van der Waals surface area contributed by atoms with Crippen molar-refractivity contribution in [1.82, 2.24) is 9.13 Å². The van der Waals surface area contributed by atoms with E-state index >= 15 is 0 Å². The second-order valence-electron chi connectivity index (χ2n) is 6.53. The van der Waals surface area contributed by atoms with E-state index < -0.39 is 29.5 Å². The maximum atomic E-state index is 14.0. The SMILES string of the molecule is O=C(Cn1c(=O)n(Cc2ccco2)c(=O)c2ccccc21)Nc1ccc(Br)cc1F. The molecule has 152 valence electrons. The van der Waals surface area contributed by atoms with Crippen molar-refractivity contribution in [2.45, 2.75) is 13.1 Å². The van der Waals surface area contributed by atoms with Crippen LogP contribution in [0.1, 0.15) is 5.76 Å². The first-order chi connectivity index (χ1) is 14.4. The van der Waals surface area contributed by atoms with Crippen molar-refractivity contribution in [3.63, 3.8) is 0 Å². The molecule has 1 amide bonds. The zero-order chi connectivity index (χ0) is 21.3. The minimum atomic E-state index is -0.665. The number of para-hydroxylation sites is 1. The van der Waals surface area contributed by atoms with E-state index in [1.54, 1.807) is 42.5 Å². The number of carbonyl (C=O) groups excluding carboxylic acids is 1. The van der Waals surface area contributed by atoms with E-state index in [-0.39, 0.29) is 17.6 Å². The van der Waals surface area contributed by atoms with Crippen molar-refractivity contribution in [2.24, 2.45) is 0 Å². The van der Waals surface area contributed by atoms with Gasteiger partial charge >= 0.3 is 5.69 Å². The first-order valence-corrected chi connectivity index (χ1v) is 9.73. The van der Waals surface area contributed by atoms with Gasteiger partial charge in [-0.2, -0.15) is 0 Å². The number of hydrogen-bond acceptors (Lipinski definition) is 4. The Morgan fingerprint density at radius 3 is 2.60 bits per heavy atom. The predicted molar refractivity (Wildman–Crippen MR) is 113 cm³/mol. The van der Waals surface area contributed by atoms with Gasteiger partial charge in [-0.15, -0.1) is 0 Å². The molecule has 0 aliphatic heterocycles. The summed E-state index contributed by atoms with van der Waals surface area (Å²) < 4.78 is 22.0. The number of furan rings is 1. The topological polar surface area (TPSA) is 86.2 Å². The van der Waals surface area contributed by atoms with Gasteiger partial charge in [0, 0.05) is 4.47 Å². The van der Waals surface area contributed by atoms with Crippen LogP contribution in [0.4, 0.5) is 10.1 Å². The van der Waals surface area contributed by atoms with Crippen LogP contribution in [0, 0.1) is 5.82 Å². The Morgan fingerprint density at radius 1 is 1.07 bits per heavy atom. The van der Waals surface area contributed by atoms with Gasteiger partial charge in [0.2, 0.25) is 5.91 Å². The maximum Gasteiger partial charge on any atom is 0.332 e. The van der Waals surface area contributed by atoms with Gasteiger partial charge in [0.1, 0.15) is 18.1 Å². The third-order valence-electron chi connectivity index (χ3n) is 4.53. The number of hydrogen-bond donors (Lipinski definition) is 1. The third-order valence-corrected chi connectivity index (χ3v) is 5.03. The third kappa shape index (κ3) is 3.84. The summed E-state index contributed by atoms with van der Waals surface area (Å²) in [7, 11) is 0.